The van der Waals surface area contributed by atoms with Gasteiger partial charge in [-0.1, -0.05) is 15.9 Å². The Hall–Kier alpha value is -1.07. The van der Waals surface area contributed by atoms with Crippen molar-refractivity contribution in [2.75, 3.05) is 11.9 Å². The average Bonchev–Trinajstić information content (AvgIpc) is 2.29. The first-order valence-electron chi connectivity index (χ1n) is 5.55. The second-order valence-corrected chi connectivity index (χ2v) is 4.79. The van der Waals surface area contributed by atoms with Gasteiger partial charge in [0.05, 0.1) is 0 Å². The van der Waals surface area contributed by atoms with Crippen LogP contribution in [0.5, 0.6) is 0 Å². The maximum absolute atomic E-state index is 11.6. The van der Waals surface area contributed by atoms with Crippen LogP contribution in [0.15, 0.2) is 28.7 Å². The van der Waals surface area contributed by atoms with Crippen LogP contribution in [0.3, 0.4) is 0 Å². The van der Waals surface area contributed by atoms with Gasteiger partial charge in [0.25, 0.3) is 0 Å². The molecule has 0 aliphatic heterocycles. The van der Waals surface area contributed by atoms with Crippen molar-refractivity contribution in [1.29, 1.82) is 0 Å². The summed E-state index contributed by atoms with van der Waals surface area (Å²) in [5.41, 5.74) is 0.750. The molecule has 0 saturated heterocycles. The van der Waals surface area contributed by atoms with Crippen LogP contribution in [0, 0.1) is 0 Å². The summed E-state index contributed by atoms with van der Waals surface area (Å²) < 4.78 is 0.972. The SMILES string of the molecule is CC(CCCO)NC(=O)Nc1ccc(Br)cc1. The van der Waals surface area contributed by atoms with Crippen LogP contribution < -0.4 is 10.6 Å². The lowest BCUT2D eigenvalue weighted by Crippen LogP contribution is -2.36. The third kappa shape index (κ3) is 5.70. The molecule has 0 aliphatic rings. The lowest BCUT2D eigenvalue weighted by molar-refractivity contribution is 0.245. The number of nitrogens with one attached hydrogen (secondary N) is 2. The highest BCUT2D eigenvalue weighted by Crippen LogP contribution is 2.13. The standard InChI is InChI=1S/C12H17BrN2O2/c1-9(3-2-8-16)14-12(17)15-11-6-4-10(13)5-7-11/h4-7,9,16H,2-3,8H2,1H3,(H2,14,15,17). The number of anilines is 1. The highest BCUT2D eigenvalue weighted by molar-refractivity contribution is 9.10. The summed E-state index contributed by atoms with van der Waals surface area (Å²) in [6, 6.07) is 7.20. The Balaban J connectivity index is 2.36. The molecule has 3 N–H and O–H groups in total. The molecule has 2 amide bonds. The summed E-state index contributed by atoms with van der Waals surface area (Å²) in [6.45, 7) is 2.07. The van der Waals surface area contributed by atoms with Gasteiger partial charge >= 0.3 is 6.03 Å². The number of hydrogen-bond donors (Lipinski definition) is 3. The molecule has 1 aromatic carbocycles. The number of carbonyl (C=O) groups excluding carboxylic acids is 1. The number of carbonyl (C=O) groups is 1. The summed E-state index contributed by atoms with van der Waals surface area (Å²) in [4.78, 5) is 11.6. The van der Waals surface area contributed by atoms with Gasteiger partial charge in [-0.05, 0) is 44.0 Å². The number of amides is 2. The van der Waals surface area contributed by atoms with E-state index >= 15 is 0 Å². The number of benzene rings is 1. The van der Waals surface area contributed by atoms with Crippen molar-refractivity contribution in [1.82, 2.24) is 5.32 Å². The van der Waals surface area contributed by atoms with E-state index in [-0.39, 0.29) is 18.7 Å². The molecule has 0 fully saturated rings. The molecule has 0 radical (unpaired) electrons. The second-order valence-electron chi connectivity index (χ2n) is 3.87. The van der Waals surface area contributed by atoms with Gasteiger partial charge in [-0.3, -0.25) is 0 Å². The van der Waals surface area contributed by atoms with Gasteiger partial charge in [-0.2, -0.15) is 0 Å². The molecule has 5 heteroatoms. The van der Waals surface area contributed by atoms with E-state index in [1.54, 1.807) is 0 Å². The van der Waals surface area contributed by atoms with E-state index in [1.165, 1.54) is 0 Å². The summed E-state index contributed by atoms with van der Waals surface area (Å²) >= 11 is 3.33. The van der Waals surface area contributed by atoms with Crippen molar-refractivity contribution < 1.29 is 9.90 Å². The quantitative estimate of drug-likeness (QED) is 0.783. The van der Waals surface area contributed by atoms with Gasteiger partial charge in [-0.25, -0.2) is 4.79 Å². The van der Waals surface area contributed by atoms with Crippen molar-refractivity contribution in [3.8, 4) is 0 Å². The van der Waals surface area contributed by atoms with Crippen LogP contribution in [0.2, 0.25) is 0 Å². The molecule has 1 unspecified atom stereocenters. The maximum Gasteiger partial charge on any atom is 0.319 e. The summed E-state index contributed by atoms with van der Waals surface area (Å²) in [5.74, 6) is 0. The molecule has 0 bridgehead atoms. The molecule has 1 aromatic rings. The second kappa shape index (κ2) is 7.29. The van der Waals surface area contributed by atoms with Crippen molar-refractivity contribution in [2.45, 2.75) is 25.8 Å². The first-order chi connectivity index (χ1) is 8.11. The number of aliphatic hydroxyl groups excluding tert-OH is 1. The lowest BCUT2D eigenvalue weighted by atomic mass is 10.2. The zero-order valence-corrected chi connectivity index (χ0v) is 11.3. The molecule has 1 rings (SSSR count). The minimum atomic E-state index is -0.224. The van der Waals surface area contributed by atoms with Crippen molar-refractivity contribution in [3.63, 3.8) is 0 Å². The predicted octanol–water partition coefficient (Wildman–Crippen LogP) is 2.73. The summed E-state index contributed by atoms with van der Waals surface area (Å²) in [6.07, 6.45) is 1.46. The van der Waals surface area contributed by atoms with Gasteiger partial charge in [-0.15, -0.1) is 0 Å². The lowest BCUT2D eigenvalue weighted by Gasteiger charge is -2.14. The largest absolute Gasteiger partial charge is 0.396 e. The number of halogens is 1. The summed E-state index contributed by atoms with van der Waals surface area (Å²) in [7, 11) is 0. The molecule has 0 saturated carbocycles. The van der Waals surface area contributed by atoms with Gasteiger partial charge < -0.3 is 15.7 Å². The van der Waals surface area contributed by atoms with Gasteiger partial charge in [0.2, 0.25) is 0 Å². The fraction of sp³-hybridized carbons (Fsp3) is 0.417. The minimum absolute atomic E-state index is 0.0533. The van der Waals surface area contributed by atoms with Gasteiger partial charge in [0.15, 0.2) is 0 Å². The highest BCUT2D eigenvalue weighted by Gasteiger charge is 2.06. The predicted molar refractivity (Wildman–Crippen MR) is 72.1 cm³/mol. The van der Waals surface area contributed by atoms with Crippen molar-refractivity contribution in [2.24, 2.45) is 0 Å². The Kier molecular flexibility index (Phi) is 6.00. The Bertz CT molecular complexity index is 354. The van der Waals surface area contributed by atoms with Crippen LogP contribution in [-0.2, 0) is 0 Å². The van der Waals surface area contributed by atoms with E-state index < -0.39 is 0 Å². The smallest absolute Gasteiger partial charge is 0.319 e. The topological polar surface area (TPSA) is 61.4 Å². The van der Waals surface area contributed by atoms with Gasteiger partial charge in [0, 0.05) is 22.8 Å². The molecule has 1 atom stereocenters. The number of rotatable bonds is 5. The van der Waals surface area contributed by atoms with Crippen LogP contribution in [-0.4, -0.2) is 23.8 Å². The molecular formula is C12H17BrN2O2. The molecule has 0 aromatic heterocycles. The van der Waals surface area contributed by atoms with E-state index in [4.69, 9.17) is 5.11 Å². The number of urea groups is 1. The fourth-order valence-corrected chi connectivity index (χ4v) is 1.66. The molecule has 4 nitrogen and oxygen atoms in total. The van der Waals surface area contributed by atoms with E-state index in [0.29, 0.717) is 6.42 Å². The fourth-order valence-electron chi connectivity index (χ4n) is 1.39. The molecular weight excluding hydrogens is 284 g/mol. The summed E-state index contributed by atoms with van der Waals surface area (Å²) in [5, 5.41) is 14.2. The van der Waals surface area contributed by atoms with E-state index in [2.05, 4.69) is 26.6 Å². The highest BCUT2D eigenvalue weighted by atomic mass is 79.9. The zero-order chi connectivity index (χ0) is 12.7. The Morgan fingerprint density at radius 2 is 2.06 bits per heavy atom. The molecule has 17 heavy (non-hydrogen) atoms. The first-order valence-corrected chi connectivity index (χ1v) is 6.35. The maximum atomic E-state index is 11.6. The molecule has 0 spiro atoms. The van der Waals surface area contributed by atoms with E-state index in [0.717, 1.165) is 16.6 Å². The zero-order valence-electron chi connectivity index (χ0n) is 9.74. The monoisotopic (exact) mass is 300 g/mol. The average molecular weight is 301 g/mol. The van der Waals surface area contributed by atoms with Crippen molar-refractivity contribution >= 4 is 27.6 Å². The normalized spacial score (nSPS) is 11.9. The Labute approximate surface area is 110 Å². The van der Waals surface area contributed by atoms with Gasteiger partial charge in [0.1, 0.15) is 0 Å². The third-order valence-corrected chi connectivity index (χ3v) is 2.80. The van der Waals surface area contributed by atoms with Crippen LogP contribution in [0.4, 0.5) is 10.5 Å². The molecule has 0 heterocycles. The van der Waals surface area contributed by atoms with E-state index in [9.17, 15) is 4.79 Å². The minimum Gasteiger partial charge on any atom is -0.396 e. The molecule has 0 aliphatic carbocycles. The number of hydrogen-bond acceptors (Lipinski definition) is 2. The van der Waals surface area contributed by atoms with Crippen LogP contribution in [0.25, 0.3) is 0 Å². The third-order valence-electron chi connectivity index (χ3n) is 2.27. The Morgan fingerprint density at radius 1 is 1.41 bits per heavy atom. The first kappa shape index (κ1) is 14.0. The number of aliphatic hydroxyl groups is 1. The van der Waals surface area contributed by atoms with Crippen LogP contribution in [0.1, 0.15) is 19.8 Å². The Morgan fingerprint density at radius 3 is 2.65 bits per heavy atom. The molecule has 94 valence electrons. The van der Waals surface area contributed by atoms with Crippen LogP contribution >= 0.6 is 15.9 Å². The van der Waals surface area contributed by atoms with E-state index in [1.807, 2.05) is 31.2 Å². The van der Waals surface area contributed by atoms with Crippen molar-refractivity contribution in [3.05, 3.63) is 28.7 Å².